The minimum Gasteiger partial charge on any atom is -0.312 e. The molecule has 19 heavy (non-hydrogen) atoms. The van der Waals surface area contributed by atoms with Crippen LogP contribution in [0.4, 0.5) is 0 Å². The summed E-state index contributed by atoms with van der Waals surface area (Å²) in [5.41, 5.74) is 0.0761. The maximum atomic E-state index is 12.0. The lowest BCUT2D eigenvalue weighted by molar-refractivity contribution is 0.304. The van der Waals surface area contributed by atoms with Crippen molar-refractivity contribution in [2.45, 2.75) is 52.1 Å². The van der Waals surface area contributed by atoms with Crippen LogP contribution in [0.5, 0.6) is 0 Å². The van der Waals surface area contributed by atoms with Gasteiger partial charge in [0.2, 0.25) is 0 Å². The molecular weight excluding hydrogens is 353 g/mol. The summed E-state index contributed by atoms with van der Waals surface area (Å²) in [6.45, 7) is 5.78. The van der Waals surface area contributed by atoms with E-state index in [1.807, 2.05) is 29.5 Å². The molecule has 1 aromatic rings. The molecule has 0 bridgehead atoms. The standard InChI is InChI=1S/C14H22IN3O/c1-10-3-5-12(6-4-10)16-7-8-18-11(2)17-9-13(15)14(18)19/h9-10,12,16H,3-8H2,1-2H3. The van der Waals surface area contributed by atoms with Gasteiger partial charge >= 0.3 is 0 Å². The molecule has 0 aliphatic heterocycles. The molecule has 1 aliphatic rings. The molecule has 0 amide bonds. The van der Waals surface area contributed by atoms with Crippen LogP contribution in [0.25, 0.3) is 0 Å². The zero-order chi connectivity index (χ0) is 13.8. The van der Waals surface area contributed by atoms with E-state index in [2.05, 4.69) is 17.2 Å². The van der Waals surface area contributed by atoms with E-state index < -0.39 is 0 Å². The Bertz CT molecular complexity index is 478. The lowest BCUT2D eigenvalue weighted by Crippen LogP contribution is -2.37. The second kappa shape index (κ2) is 6.83. The predicted octanol–water partition coefficient (Wildman–Crippen LogP) is 2.32. The molecule has 0 spiro atoms. The summed E-state index contributed by atoms with van der Waals surface area (Å²) >= 11 is 2.05. The number of hydrogen-bond acceptors (Lipinski definition) is 3. The monoisotopic (exact) mass is 375 g/mol. The Morgan fingerprint density at radius 1 is 1.42 bits per heavy atom. The van der Waals surface area contributed by atoms with Crippen LogP contribution in [0, 0.1) is 16.4 Å². The van der Waals surface area contributed by atoms with Gasteiger partial charge in [-0.2, -0.15) is 0 Å². The molecule has 4 nitrogen and oxygen atoms in total. The Morgan fingerprint density at radius 3 is 2.79 bits per heavy atom. The highest BCUT2D eigenvalue weighted by Crippen LogP contribution is 2.23. The van der Waals surface area contributed by atoms with Crippen molar-refractivity contribution >= 4 is 22.6 Å². The van der Waals surface area contributed by atoms with Gasteiger partial charge in [-0.1, -0.05) is 6.92 Å². The normalized spacial score (nSPS) is 23.5. The van der Waals surface area contributed by atoms with Crippen molar-refractivity contribution in [2.75, 3.05) is 6.54 Å². The molecule has 0 aromatic carbocycles. The molecule has 0 unspecified atom stereocenters. The van der Waals surface area contributed by atoms with Gasteiger partial charge in [-0.15, -0.1) is 0 Å². The van der Waals surface area contributed by atoms with Crippen molar-refractivity contribution in [2.24, 2.45) is 5.92 Å². The maximum absolute atomic E-state index is 12.0. The summed E-state index contributed by atoms with van der Waals surface area (Å²) in [5.74, 6) is 1.67. The smallest absolute Gasteiger partial charge is 0.266 e. The Morgan fingerprint density at radius 2 is 2.11 bits per heavy atom. The summed E-state index contributed by atoms with van der Waals surface area (Å²) in [6, 6.07) is 0.628. The molecule has 106 valence electrons. The lowest BCUT2D eigenvalue weighted by Gasteiger charge is -2.27. The third-order valence-corrected chi connectivity index (χ3v) is 4.73. The van der Waals surface area contributed by atoms with Crippen LogP contribution >= 0.6 is 22.6 Å². The highest BCUT2D eigenvalue weighted by molar-refractivity contribution is 14.1. The van der Waals surface area contributed by atoms with E-state index in [-0.39, 0.29) is 5.56 Å². The van der Waals surface area contributed by atoms with E-state index in [1.54, 1.807) is 10.8 Å². The van der Waals surface area contributed by atoms with Gasteiger partial charge < -0.3 is 5.32 Å². The molecule has 5 heteroatoms. The van der Waals surface area contributed by atoms with Crippen molar-refractivity contribution < 1.29 is 0 Å². The highest BCUT2D eigenvalue weighted by atomic mass is 127. The van der Waals surface area contributed by atoms with Gasteiger partial charge in [0.05, 0.1) is 3.57 Å². The van der Waals surface area contributed by atoms with E-state index in [0.717, 1.165) is 18.3 Å². The van der Waals surface area contributed by atoms with Crippen LogP contribution in [0.2, 0.25) is 0 Å². The van der Waals surface area contributed by atoms with Crippen LogP contribution in [0.1, 0.15) is 38.4 Å². The highest BCUT2D eigenvalue weighted by Gasteiger charge is 2.17. The van der Waals surface area contributed by atoms with E-state index >= 15 is 0 Å². The molecule has 1 heterocycles. The Hall–Kier alpha value is -0.430. The largest absolute Gasteiger partial charge is 0.312 e. The van der Waals surface area contributed by atoms with Crippen molar-refractivity contribution in [3.63, 3.8) is 0 Å². The Kier molecular flexibility index (Phi) is 5.38. The van der Waals surface area contributed by atoms with Crippen LogP contribution < -0.4 is 10.9 Å². The zero-order valence-corrected chi connectivity index (χ0v) is 13.8. The molecule has 1 aromatic heterocycles. The van der Waals surface area contributed by atoms with Gasteiger partial charge in [0.1, 0.15) is 5.82 Å². The van der Waals surface area contributed by atoms with Crippen molar-refractivity contribution in [1.29, 1.82) is 0 Å². The SMILES string of the molecule is Cc1ncc(I)c(=O)n1CCNC1CCC(C)CC1. The van der Waals surface area contributed by atoms with Gasteiger partial charge in [-0.05, 0) is 61.1 Å². The summed E-state index contributed by atoms with van der Waals surface area (Å²) in [5, 5.41) is 3.57. The molecule has 2 rings (SSSR count). The second-order valence-corrected chi connectivity index (χ2v) is 6.68. The van der Waals surface area contributed by atoms with Crippen LogP contribution in [0.3, 0.4) is 0 Å². The van der Waals surface area contributed by atoms with Crippen molar-refractivity contribution in [3.8, 4) is 0 Å². The van der Waals surface area contributed by atoms with Gasteiger partial charge in [0.15, 0.2) is 0 Å². The molecule has 0 radical (unpaired) electrons. The molecular formula is C14H22IN3O. The maximum Gasteiger partial charge on any atom is 0.266 e. The Balaban J connectivity index is 1.86. The second-order valence-electron chi connectivity index (χ2n) is 5.52. The molecule has 0 saturated heterocycles. The summed E-state index contributed by atoms with van der Waals surface area (Å²) in [4.78, 5) is 16.2. The topological polar surface area (TPSA) is 46.9 Å². The number of aromatic nitrogens is 2. The van der Waals surface area contributed by atoms with Crippen molar-refractivity contribution in [3.05, 3.63) is 25.9 Å². The van der Waals surface area contributed by atoms with E-state index in [0.29, 0.717) is 16.2 Å². The molecule has 0 atom stereocenters. The van der Waals surface area contributed by atoms with Crippen LogP contribution in [0.15, 0.2) is 11.0 Å². The molecule has 1 saturated carbocycles. The molecule has 1 fully saturated rings. The lowest BCUT2D eigenvalue weighted by atomic mass is 9.87. The number of nitrogens with one attached hydrogen (secondary N) is 1. The third-order valence-electron chi connectivity index (χ3n) is 3.99. The van der Waals surface area contributed by atoms with E-state index in [1.165, 1.54) is 25.7 Å². The summed E-state index contributed by atoms with van der Waals surface area (Å²) in [6.07, 6.45) is 6.81. The van der Waals surface area contributed by atoms with E-state index in [4.69, 9.17) is 0 Å². The first kappa shape index (κ1) is 15.0. The van der Waals surface area contributed by atoms with Crippen LogP contribution in [-0.4, -0.2) is 22.1 Å². The van der Waals surface area contributed by atoms with Gasteiger partial charge in [0.25, 0.3) is 5.56 Å². The molecule has 1 N–H and O–H groups in total. The fraction of sp³-hybridized carbons (Fsp3) is 0.714. The fourth-order valence-corrected chi connectivity index (χ4v) is 3.09. The van der Waals surface area contributed by atoms with E-state index in [9.17, 15) is 4.79 Å². The first-order valence-electron chi connectivity index (χ1n) is 7.03. The zero-order valence-electron chi connectivity index (χ0n) is 11.7. The van der Waals surface area contributed by atoms with Gasteiger partial charge in [0, 0.05) is 25.3 Å². The van der Waals surface area contributed by atoms with Gasteiger partial charge in [-0.3, -0.25) is 9.36 Å². The number of halogens is 1. The number of hydrogen-bond donors (Lipinski definition) is 1. The fourth-order valence-electron chi connectivity index (χ4n) is 2.66. The van der Waals surface area contributed by atoms with Crippen LogP contribution in [-0.2, 0) is 6.54 Å². The number of aryl methyl sites for hydroxylation is 1. The summed E-state index contributed by atoms with van der Waals surface area (Å²) < 4.78 is 2.45. The van der Waals surface area contributed by atoms with Crippen molar-refractivity contribution in [1.82, 2.24) is 14.9 Å². The average Bonchev–Trinajstić information content (AvgIpc) is 2.40. The summed E-state index contributed by atoms with van der Waals surface area (Å²) in [7, 11) is 0. The molecule has 1 aliphatic carbocycles. The van der Waals surface area contributed by atoms with Gasteiger partial charge in [-0.25, -0.2) is 4.98 Å². The minimum absolute atomic E-state index is 0.0761. The first-order chi connectivity index (χ1) is 9.08. The number of rotatable bonds is 4. The number of nitrogens with zero attached hydrogens (tertiary/aromatic N) is 2. The quantitative estimate of drug-likeness (QED) is 0.822. The first-order valence-corrected chi connectivity index (χ1v) is 8.11. The predicted molar refractivity (Wildman–Crippen MR) is 85.4 cm³/mol. The third kappa shape index (κ3) is 4.02. The minimum atomic E-state index is 0.0761. The average molecular weight is 375 g/mol. The Labute approximate surface area is 128 Å².